The first-order chi connectivity index (χ1) is 53.9. The normalized spacial score (nSPS) is 13.7. The molecule has 0 aliphatic heterocycles. The number of aliphatic hydroxyl groups is 1. The van der Waals surface area contributed by atoms with Gasteiger partial charge in [-0.15, -0.1) is 0 Å². The molecular formula is C92H180O17P2. The van der Waals surface area contributed by atoms with Crippen molar-refractivity contribution in [2.45, 2.75) is 516 Å². The van der Waals surface area contributed by atoms with Gasteiger partial charge in [-0.25, -0.2) is 9.13 Å². The molecule has 0 radical (unpaired) electrons. The zero-order valence-corrected chi connectivity index (χ0v) is 75.1. The van der Waals surface area contributed by atoms with Crippen molar-refractivity contribution in [1.82, 2.24) is 0 Å². The van der Waals surface area contributed by atoms with Gasteiger partial charge in [0.2, 0.25) is 0 Å². The van der Waals surface area contributed by atoms with Crippen molar-refractivity contribution >= 4 is 39.5 Å². The molecule has 0 fully saturated rings. The minimum Gasteiger partial charge on any atom is -0.462 e. The molecule has 660 valence electrons. The molecule has 0 heterocycles. The highest BCUT2D eigenvalue weighted by molar-refractivity contribution is 7.47. The molecule has 0 aliphatic rings. The van der Waals surface area contributed by atoms with Crippen LogP contribution in [0, 0.1) is 11.8 Å². The lowest BCUT2D eigenvalue weighted by Gasteiger charge is -2.21. The number of unbranched alkanes of at least 4 members (excludes halogenated alkanes) is 61. The van der Waals surface area contributed by atoms with Crippen LogP contribution in [0.4, 0.5) is 0 Å². The maximum atomic E-state index is 13.2. The van der Waals surface area contributed by atoms with Crippen LogP contribution < -0.4 is 0 Å². The molecule has 0 aromatic rings. The zero-order chi connectivity index (χ0) is 81.3. The number of carbonyl (C=O) groups excluding carboxylic acids is 4. The van der Waals surface area contributed by atoms with E-state index in [4.69, 9.17) is 37.0 Å². The van der Waals surface area contributed by atoms with E-state index in [2.05, 4.69) is 41.5 Å². The van der Waals surface area contributed by atoms with Gasteiger partial charge in [-0.2, -0.15) is 0 Å². The van der Waals surface area contributed by atoms with Crippen molar-refractivity contribution in [3.05, 3.63) is 0 Å². The van der Waals surface area contributed by atoms with Crippen molar-refractivity contribution in [3.8, 4) is 0 Å². The smallest absolute Gasteiger partial charge is 0.462 e. The van der Waals surface area contributed by atoms with E-state index in [1.807, 2.05) is 0 Å². The molecule has 0 saturated carbocycles. The van der Waals surface area contributed by atoms with E-state index >= 15 is 0 Å². The third kappa shape index (κ3) is 85.8. The van der Waals surface area contributed by atoms with Gasteiger partial charge in [-0.3, -0.25) is 37.3 Å². The summed E-state index contributed by atoms with van der Waals surface area (Å²) in [6.45, 7) is 9.69. The summed E-state index contributed by atoms with van der Waals surface area (Å²) in [6, 6.07) is 0. The summed E-state index contributed by atoms with van der Waals surface area (Å²) < 4.78 is 69.1. The molecule has 3 N–H and O–H groups in total. The Morgan fingerprint density at radius 3 is 0.613 bits per heavy atom. The van der Waals surface area contributed by atoms with Gasteiger partial charge in [0.15, 0.2) is 12.2 Å². The predicted molar refractivity (Wildman–Crippen MR) is 460 cm³/mol. The van der Waals surface area contributed by atoms with Crippen molar-refractivity contribution in [1.29, 1.82) is 0 Å². The van der Waals surface area contributed by atoms with Crippen LogP contribution >= 0.6 is 15.6 Å². The fourth-order valence-corrected chi connectivity index (χ4v) is 16.1. The summed E-state index contributed by atoms with van der Waals surface area (Å²) in [5.74, 6) is -0.572. The van der Waals surface area contributed by atoms with E-state index < -0.39 is 97.5 Å². The highest BCUT2D eigenvalue weighted by Gasteiger charge is 2.31. The summed E-state index contributed by atoms with van der Waals surface area (Å²) in [5, 5.41) is 10.7. The van der Waals surface area contributed by atoms with Crippen molar-refractivity contribution < 1.29 is 80.2 Å². The third-order valence-corrected chi connectivity index (χ3v) is 23.6. The van der Waals surface area contributed by atoms with Crippen molar-refractivity contribution in [3.63, 3.8) is 0 Å². The lowest BCUT2D eigenvalue weighted by molar-refractivity contribution is -0.161. The summed E-state index contributed by atoms with van der Waals surface area (Å²) in [4.78, 5) is 73.4. The summed E-state index contributed by atoms with van der Waals surface area (Å²) >= 11 is 0. The van der Waals surface area contributed by atoms with E-state index in [9.17, 15) is 43.2 Å². The molecule has 5 atom stereocenters. The SMILES string of the molecule is CCCCCCCCCCCCCCCCCCCCCCCC(=O)OC[C@H](COP(=O)(O)OC[C@@H](O)COP(=O)(O)OC[C@@H](COC(=O)CCCCCCCCCC(C)C)OC(=O)CCCCCCCCCCCCCCCCCCCCC)OC(=O)CCCCCCCCCCCCCCCCCCCCC(C)C. The Morgan fingerprint density at radius 1 is 0.243 bits per heavy atom. The number of phosphoric acid groups is 2. The molecule has 0 aliphatic carbocycles. The number of carbonyl (C=O) groups is 4. The molecule has 19 heteroatoms. The van der Waals surface area contributed by atoms with Gasteiger partial charge < -0.3 is 33.8 Å². The molecule has 0 aromatic heterocycles. The lowest BCUT2D eigenvalue weighted by Crippen LogP contribution is -2.30. The standard InChI is InChI=1S/C92H180O17P2/c1-7-9-11-13-15-17-19-21-23-25-27-28-30-34-38-42-46-50-56-62-68-74-89(94)102-80-87(108-91(96)76-70-65-58-52-48-44-40-36-32-31-33-37-41-45-49-54-60-66-72-84(3)4)82-106-110(98,99)104-78-86(93)79-105-111(100,101)107-83-88(81-103-90(95)75-69-63-59-53-55-61-67-73-85(5)6)109-92(97)77-71-64-57-51-47-43-39-35-29-26-24-22-20-18-16-14-12-10-8-2/h84-88,93H,7-83H2,1-6H3,(H,98,99)(H,100,101)/t86-,87-,88-/m1/s1. The van der Waals surface area contributed by atoms with Crippen LogP contribution in [-0.2, 0) is 65.4 Å². The van der Waals surface area contributed by atoms with Gasteiger partial charge in [-0.05, 0) is 37.5 Å². The number of phosphoric ester groups is 2. The van der Waals surface area contributed by atoms with E-state index in [0.717, 1.165) is 102 Å². The average molecular weight is 1620 g/mol. The van der Waals surface area contributed by atoms with Gasteiger partial charge in [0.25, 0.3) is 0 Å². The van der Waals surface area contributed by atoms with Crippen LogP contribution in [0.5, 0.6) is 0 Å². The van der Waals surface area contributed by atoms with Crippen LogP contribution in [0.25, 0.3) is 0 Å². The van der Waals surface area contributed by atoms with Crippen LogP contribution in [0.2, 0.25) is 0 Å². The Bertz CT molecular complexity index is 2120. The van der Waals surface area contributed by atoms with Crippen LogP contribution in [-0.4, -0.2) is 96.7 Å². The number of rotatable bonds is 91. The minimum atomic E-state index is -4.97. The monoisotopic (exact) mass is 1620 g/mol. The summed E-state index contributed by atoms with van der Waals surface area (Å²) in [6.07, 6.45) is 78.1. The fourth-order valence-electron chi connectivity index (χ4n) is 14.5. The summed E-state index contributed by atoms with van der Waals surface area (Å²) in [5.41, 5.74) is 0. The topological polar surface area (TPSA) is 237 Å². The quantitative estimate of drug-likeness (QED) is 0.0222. The second kappa shape index (κ2) is 83.1. The second-order valence-corrected chi connectivity index (χ2v) is 36.9. The van der Waals surface area contributed by atoms with Gasteiger partial charge >= 0.3 is 39.5 Å². The Balaban J connectivity index is 5.21. The first kappa shape index (κ1) is 109. The van der Waals surface area contributed by atoms with Crippen LogP contribution in [0.1, 0.15) is 497 Å². The lowest BCUT2D eigenvalue weighted by atomic mass is 10.0. The largest absolute Gasteiger partial charge is 0.472 e. The Morgan fingerprint density at radius 2 is 0.414 bits per heavy atom. The van der Waals surface area contributed by atoms with Gasteiger partial charge in [0.1, 0.15) is 19.3 Å². The maximum Gasteiger partial charge on any atom is 0.472 e. The van der Waals surface area contributed by atoms with E-state index in [0.29, 0.717) is 31.6 Å². The Labute approximate surface area is 683 Å². The first-order valence-electron chi connectivity index (χ1n) is 47.5. The number of aliphatic hydroxyl groups excluding tert-OH is 1. The predicted octanol–water partition coefficient (Wildman–Crippen LogP) is 28.6. The van der Waals surface area contributed by atoms with E-state index in [-0.39, 0.29) is 25.7 Å². The first-order valence-corrected chi connectivity index (χ1v) is 50.5. The molecule has 111 heavy (non-hydrogen) atoms. The summed E-state index contributed by atoms with van der Waals surface area (Å²) in [7, 11) is -9.94. The number of hydrogen-bond acceptors (Lipinski definition) is 15. The highest BCUT2D eigenvalue weighted by atomic mass is 31.2. The molecule has 0 aromatic carbocycles. The third-order valence-electron chi connectivity index (χ3n) is 21.7. The molecule has 0 bridgehead atoms. The fraction of sp³-hybridized carbons (Fsp3) is 0.957. The zero-order valence-electron chi connectivity index (χ0n) is 73.3. The van der Waals surface area contributed by atoms with Gasteiger partial charge in [-0.1, -0.05) is 446 Å². The molecular weight excluding hydrogens is 1440 g/mol. The molecule has 0 spiro atoms. The highest BCUT2D eigenvalue weighted by Crippen LogP contribution is 2.45. The Hall–Kier alpha value is -1.94. The van der Waals surface area contributed by atoms with E-state index in [1.54, 1.807) is 0 Å². The number of esters is 4. The molecule has 0 amide bonds. The van der Waals surface area contributed by atoms with Gasteiger partial charge in [0, 0.05) is 25.7 Å². The van der Waals surface area contributed by atoms with E-state index in [1.165, 1.54) is 308 Å². The average Bonchev–Trinajstić information content (AvgIpc) is 0.898. The molecule has 0 saturated heterocycles. The number of hydrogen-bond donors (Lipinski definition) is 3. The van der Waals surface area contributed by atoms with Crippen LogP contribution in [0.15, 0.2) is 0 Å². The minimum absolute atomic E-state index is 0.108. The molecule has 0 rings (SSSR count). The van der Waals surface area contributed by atoms with Crippen molar-refractivity contribution in [2.75, 3.05) is 39.6 Å². The second-order valence-electron chi connectivity index (χ2n) is 34.0. The number of ether oxygens (including phenoxy) is 4. The van der Waals surface area contributed by atoms with Gasteiger partial charge in [0.05, 0.1) is 26.4 Å². The molecule has 17 nitrogen and oxygen atoms in total. The maximum absolute atomic E-state index is 13.2. The Kier molecular flexibility index (Phi) is 81.7. The van der Waals surface area contributed by atoms with Crippen molar-refractivity contribution in [2.24, 2.45) is 11.8 Å². The van der Waals surface area contributed by atoms with Crippen LogP contribution in [0.3, 0.4) is 0 Å². The molecule has 2 unspecified atom stereocenters.